The number of rotatable bonds is 3. The maximum Gasteiger partial charge on any atom is 0.0207 e. The molecule has 6 aromatic carbocycles. The summed E-state index contributed by atoms with van der Waals surface area (Å²) in [5.41, 5.74) is 20.4. The molecule has 6 aromatic rings. The van der Waals surface area contributed by atoms with E-state index in [0.29, 0.717) is 0 Å². The van der Waals surface area contributed by atoms with E-state index in [0.717, 1.165) is 32.1 Å². The van der Waals surface area contributed by atoms with Crippen molar-refractivity contribution in [3.63, 3.8) is 0 Å². The molecule has 1 aliphatic heterocycles. The topological polar surface area (TPSA) is 0 Å². The van der Waals surface area contributed by atoms with Crippen LogP contribution in [-0.4, -0.2) is 0 Å². The predicted molar refractivity (Wildman–Crippen MR) is 220 cm³/mol. The minimum absolute atomic E-state index is 1.05. The molecule has 4 aliphatic rings. The largest absolute Gasteiger partial charge is 0.0888 e. The molecule has 51 heavy (non-hydrogen) atoms. The Bertz CT molecular complexity index is 2550. The first kappa shape index (κ1) is 30.5. The lowest BCUT2D eigenvalue weighted by Gasteiger charge is -2.26. The second-order valence-electron chi connectivity index (χ2n) is 14.2. The SMILES string of the molecule is C/C1=C\C=C/C2=CC(=C\CCC1)/c1c2c(-c2ccccc2)c2c(c1-c1ccc(-c3ccc4c5c(cccc35)-c3ccccc3S4)cc1)C=CCC2. The molecular weight excluding hydrogens is 633 g/mol. The van der Waals surface area contributed by atoms with Crippen LogP contribution >= 0.6 is 11.8 Å². The predicted octanol–water partition coefficient (Wildman–Crippen LogP) is 14.4. The van der Waals surface area contributed by atoms with Crippen LogP contribution in [0.4, 0.5) is 0 Å². The first-order valence-electron chi connectivity index (χ1n) is 18.4. The molecule has 10 rings (SSSR count). The Morgan fingerprint density at radius 3 is 2.24 bits per heavy atom. The third kappa shape index (κ3) is 5.06. The summed E-state index contributed by atoms with van der Waals surface area (Å²) in [7, 11) is 0. The highest BCUT2D eigenvalue weighted by atomic mass is 32.2. The summed E-state index contributed by atoms with van der Waals surface area (Å²) >= 11 is 1.89. The number of allylic oxidation sites excluding steroid dienone is 9. The van der Waals surface area contributed by atoms with Crippen molar-refractivity contribution in [2.24, 2.45) is 0 Å². The zero-order chi connectivity index (χ0) is 33.9. The molecule has 0 radical (unpaired) electrons. The monoisotopic (exact) mass is 670 g/mol. The van der Waals surface area contributed by atoms with E-state index in [2.05, 4.69) is 159 Å². The summed E-state index contributed by atoms with van der Waals surface area (Å²) in [5.74, 6) is 0. The van der Waals surface area contributed by atoms with E-state index in [1.54, 1.807) is 0 Å². The molecule has 1 heteroatoms. The van der Waals surface area contributed by atoms with Crippen molar-refractivity contribution < 1.29 is 0 Å². The lowest BCUT2D eigenvalue weighted by molar-refractivity contribution is 0.833. The number of hydrogen-bond donors (Lipinski definition) is 0. The third-order valence-electron chi connectivity index (χ3n) is 11.1. The van der Waals surface area contributed by atoms with Gasteiger partial charge in [-0.05, 0) is 141 Å². The van der Waals surface area contributed by atoms with Crippen molar-refractivity contribution in [3.05, 3.63) is 173 Å². The Balaban J connectivity index is 1.17. The molecule has 0 saturated carbocycles. The fourth-order valence-electron chi connectivity index (χ4n) is 8.78. The van der Waals surface area contributed by atoms with Gasteiger partial charge in [-0.2, -0.15) is 0 Å². The van der Waals surface area contributed by atoms with Gasteiger partial charge in [0.05, 0.1) is 0 Å². The van der Waals surface area contributed by atoms with Crippen molar-refractivity contribution in [1.29, 1.82) is 0 Å². The van der Waals surface area contributed by atoms with Gasteiger partial charge >= 0.3 is 0 Å². The zero-order valence-electron chi connectivity index (χ0n) is 28.9. The van der Waals surface area contributed by atoms with Gasteiger partial charge in [0.25, 0.3) is 0 Å². The highest BCUT2D eigenvalue weighted by molar-refractivity contribution is 7.99. The number of benzene rings is 6. The second-order valence-corrected chi connectivity index (χ2v) is 15.3. The molecule has 2 bridgehead atoms. The van der Waals surface area contributed by atoms with Gasteiger partial charge in [0.2, 0.25) is 0 Å². The van der Waals surface area contributed by atoms with Crippen LogP contribution in [0.25, 0.3) is 72.5 Å². The smallest absolute Gasteiger partial charge is 0.0207 e. The van der Waals surface area contributed by atoms with Crippen LogP contribution in [0.2, 0.25) is 0 Å². The minimum Gasteiger partial charge on any atom is -0.0888 e. The zero-order valence-corrected chi connectivity index (χ0v) is 29.7. The molecule has 1 heterocycles. The Hall–Kier alpha value is -5.37. The van der Waals surface area contributed by atoms with Crippen molar-refractivity contribution in [1.82, 2.24) is 0 Å². The Morgan fingerprint density at radius 1 is 0.549 bits per heavy atom. The second kappa shape index (κ2) is 12.4. The Morgan fingerprint density at radius 2 is 1.33 bits per heavy atom. The summed E-state index contributed by atoms with van der Waals surface area (Å²) in [5, 5.41) is 2.70. The van der Waals surface area contributed by atoms with Gasteiger partial charge in [-0.15, -0.1) is 0 Å². The van der Waals surface area contributed by atoms with Crippen LogP contribution in [0.15, 0.2) is 161 Å². The molecule has 0 aromatic heterocycles. The summed E-state index contributed by atoms with van der Waals surface area (Å²) in [4.78, 5) is 2.68. The molecule has 0 spiro atoms. The van der Waals surface area contributed by atoms with Crippen LogP contribution in [-0.2, 0) is 6.42 Å². The highest BCUT2D eigenvalue weighted by Crippen LogP contribution is 2.53. The highest BCUT2D eigenvalue weighted by Gasteiger charge is 2.31. The van der Waals surface area contributed by atoms with Gasteiger partial charge in [0, 0.05) is 15.2 Å². The Kier molecular flexibility index (Phi) is 7.43. The van der Waals surface area contributed by atoms with Gasteiger partial charge in [-0.25, -0.2) is 0 Å². The molecule has 244 valence electrons. The van der Waals surface area contributed by atoms with Crippen LogP contribution in [0.3, 0.4) is 0 Å². The molecule has 0 nitrogen and oxygen atoms in total. The normalized spacial score (nSPS) is 18.3. The van der Waals surface area contributed by atoms with Crippen LogP contribution in [0.5, 0.6) is 0 Å². The van der Waals surface area contributed by atoms with E-state index in [1.165, 1.54) is 104 Å². The van der Waals surface area contributed by atoms with Crippen molar-refractivity contribution in [2.45, 2.75) is 48.8 Å². The summed E-state index contributed by atoms with van der Waals surface area (Å²) < 4.78 is 0. The standard InChI is InChI=1S/C50H38S/c1-32-13-5-6-17-36-31-37(18-11-14-32)49-46(34-15-3-2-4-16-34)42-20-7-8-21-43(42)47(48(36)49)35-27-25-33(26-28-35)38-29-30-45-50-40(38)22-12-23-41(50)39-19-9-10-24-44(39)51-45/h2-4,8-12,14-19,21-31H,5-7,13,20H2,1H3/b18-11-,32-14+,36-17+. The molecule has 0 amide bonds. The van der Waals surface area contributed by atoms with E-state index in [4.69, 9.17) is 0 Å². The van der Waals surface area contributed by atoms with Crippen LogP contribution < -0.4 is 0 Å². The summed E-state index contributed by atoms with van der Waals surface area (Å²) in [6, 6.07) is 40.9. The van der Waals surface area contributed by atoms with Crippen molar-refractivity contribution in [3.8, 4) is 44.5 Å². The molecule has 0 unspecified atom stereocenters. The molecule has 0 fully saturated rings. The summed E-state index contributed by atoms with van der Waals surface area (Å²) in [6.07, 6.45) is 22.2. The van der Waals surface area contributed by atoms with Crippen molar-refractivity contribution >= 4 is 39.8 Å². The lowest BCUT2D eigenvalue weighted by Crippen LogP contribution is -2.06. The number of hydrogen-bond acceptors (Lipinski definition) is 1. The molecule has 0 N–H and O–H groups in total. The van der Waals surface area contributed by atoms with Crippen LogP contribution in [0, 0.1) is 0 Å². The maximum absolute atomic E-state index is 2.51. The molecule has 0 atom stereocenters. The number of fused-ring (bicyclic) bond motifs is 7. The Labute approximate surface area is 305 Å². The summed E-state index contributed by atoms with van der Waals surface area (Å²) in [6.45, 7) is 2.26. The minimum atomic E-state index is 1.05. The quantitative estimate of drug-likeness (QED) is 0.180. The van der Waals surface area contributed by atoms with E-state index in [-0.39, 0.29) is 0 Å². The maximum atomic E-state index is 2.51. The average Bonchev–Trinajstić information content (AvgIpc) is 3.51. The average molecular weight is 671 g/mol. The van der Waals surface area contributed by atoms with Crippen molar-refractivity contribution in [2.75, 3.05) is 0 Å². The fraction of sp³-hybridized carbons (Fsp3) is 0.120. The van der Waals surface area contributed by atoms with Gasteiger partial charge in [0.15, 0.2) is 0 Å². The first-order valence-corrected chi connectivity index (χ1v) is 19.2. The molecule has 0 saturated heterocycles. The third-order valence-corrected chi connectivity index (χ3v) is 12.3. The van der Waals surface area contributed by atoms with Gasteiger partial charge in [-0.1, -0.05) is 151 Å². The fourth-order valence-corrected chi connectivity index (χ4v) is 9.91. The van der Waals surface area contributed by atoms with Gasteiger partial charge < -0.3 is 0 Å². The van der Waals surface area contributed by atoms with E-state index >= 15 is 0 Å². The van der Waals surface area contributed by atoms with Gasteiger partial charge in [0.1, 0.15) is 0 Å². The van der Waals surface area contributed by atoms with E-state index in [1.807, 2.05) is 11.8 Å². The molecular formula is C50H38S. The first-order chi connectivity index (χ1) is 25.2. The van der Waals surface area contributed by atoms with Gasteiger partial charge in [-0.3, -0.25) is 0 Å². The van der Waals surface area contributed by atoms with E-state index < -0.39 is 0 Å². The molecule has 3 aliphatic carbocycles. The van der Waals surface area contributed by atoms with E-state index in [9.17, 15) is 0 Å². The van der Waals surface area contributed by atoms with Crippen LogP contribution in [0.1, 0.15) is 54.9 Å². The lowest BCUT2D eigenvalue weighted by atomic mass is 9.77.